The van der Waals surface area contributed by atoms with Crippen LogP contribution in [0.5, 0.6) is 0 Å². The van der Waals surface area contributed by atoms with Crippen LogP contribution in [0.25, 0.3) is 0 Å². The number of hydrogen-bond donors (Lipinski definition) is 1. The first-order valence-electron chi connectivity index (χ1n) is 5.61. The summed E-state index contributed by atoms with van der Waals surface area (Å²) < 4.78 is 26.5. The van der Waals surface area contributed by atoms with Crippen LogP contribution in [0, 0.1) is 6.92 Å². The van der Waals surface area contributed by atoms with E-state index in [0.29, 0.717) is 16.3 Å². The van der Waals surface area contributed by atoms with E-state index in [0.717, 1.165) is 5.56 Å². The number of nitrogens with one attached hydrogen (secondary N) is 1. The predicted octanol–water partition coefficient (Wildman–Crippen LogP) is 2.99. The van der Waals surface area contributed by atoms with Gasteiger partial charge in [0.25, 0.3) is 0 Å². The first-order valence-corrected chi connectivity index (χ1v) is 7.64. The Morgan fingerprint density at radius 2 is 1.89 bits per heavy atom. The van der Waals surface area contributed by atoms with Crippen molar-refractivity contribution >= 4 is 27.3 Å². The monoisotopic (exact) mass is 296 g/mol. The number of aromatic nitrogens is 1. The fraction of sp³-hybridized carbons (Fsp3) is 0.154. The van der Waals surface area contributed by atoms with E-state index >= 15 is 0 Å². The Balaban J connectivity index is 2.13. The fourth-order valence-corrected chi connectivity index (χ4v) is 2.93. The molecule has 1 heterocycles. The van der Waals surface area contributed by atoms with Gasteiger partial charge in [-0.3, -0.25) is 9.71 Å². The highest BCUT2D eigenvalue weighted by molar-refractivity contribution is 7.91. The van der Waals surface area contributed by atoms with Crippen LogP contribution < -0.4 is 4.72 Å². The lowest BCUT2D eigenvalue weighted by atomic mass is 10.2. The van der Waals surface area contributed by atoms with E-state index in [1.54, 1.807) is 36.5 Å². The second-order valence-electron chi connectivity index (χ2n) is 4.24. The molecule has 2 aromatic rings. The summed E-state index contributed by atoms with van der Waals surface area (Å²) in [5, 5.41) is 0.581. The van der Waals surface area contributed by atoms with Crippen LogP contribution in [0.4, 0.5) is 5.69 Å². The molecule has 0 unspecified atom stereocenters. The largest absolute Gasteiger partial charge is 0.282 e. The standard InChI is InChI=1S/C13H13ClN2O2S/c1-10-6-13(8-15-7-10)16-19(17,18)9-11-2-4-12(14)5-3-11/h2-8,16H,9H2,1H3. The van der Waals surface area contributed by atoms with E-state index in [-0.39, 0.29) is 5.75 Å². The maximum absolute atomic E-state index is 12.0. The Labute approximate surface area is 117 Å². The Kier molecular flexibility index (Phi) is 4.07. The van der Waals surface area contributed by atoms with Crippen LogP contribution in [-0.4, -0.2) is 13.4 Å². The van der Waals surface area contributed by atoms with Gasteiger partial charge in [0.1, 0.15) is 0 Å². The highest BCUT2D eigenvalue weighted by atomic mass is 35.5. The molecule has 1 N–H and O–H groups in total. The van der Waals surface area contributed by atoms with Gasteiger partial charge in [0.05, 0.1) is 17.6 Å². The lowest BCUT2D eigenvalue weighted by molar-refractivity contribution is 0.600. The molecule has 0 saturated carbocycles. The Morgan fingerprint density at radius 1 is 1.21 bits per heavy atom. The third-order valence-corrected chi connectivity index (χ3v) is 3.93. The minimum absolute atomic E-state index is 0.0991. The Hall–Kier alpha value is -1.59. The van der Waals surface area contributed by atoms with Gasteiger partial charge in [-0.2, -0.15) is 0 Å². The smallest absolute Gasteiger partial charge is 0.236 e. The molecule has 6 heteroatoms. The number of benzene rings is 1. The van der Waals surface area contributed by atoms with Gasteiger partial charge in [-0.1, -0.05) is 23.7 Å². The van der Waals surface area contributed by atoms with Crippen molar-refractivity contribution in [2.24, 2.45) is 0 Å². The number of pyridine rings is 1. The average molecular weight is 297 g/mol. The van der Waals surface area contributed by atoms with E-state index in [9.17, 15) is 8.42 Å². The molecular formula is C13H13ClN2O2S. The van der Waals surface area contributed by atoms with Gasteiger partial charge in [-0.05, 0) is 36.2 Å². The first-order chi connectivity index (χ1) is 8.94. The van der Waals surface area contributed by atoms with Crippen molar-refractivity contribution in [3.63, 3.8) is 0 Å². The minimum Gasteiger partial charge on any atom is -0.282 e. The zero-order valence-electron chi connectivity index (χ0n) is 10.3. The van der Waals surface area contributed by atoms with Gasteiger partial charge < -0.3 is 0 Å². The van der Waals surface area contributed by atoms with Crippen molar-refractivity contribution in [2.45, 2.75) is 12.7 Å². The fourth-order valence-electron chi connectivity index (χ4n) is 1.63. The number of rotatable bonds is 4. The third kappa shape index (κ3) is 4.22. The van der Waals surface area contributed by atoms with E-state index in [2.05, 4.69) is 9.71 Å². The van der Waals surface area contributed by atoms with E-state index in [1.807, 2.05) is 6.92 Å². The highest BCUT2D eigenvalue weighted by Crippen LogP contribution is 2.15. The molecule has 0 spiro atoms. The molecule has 0 aliphatic rings. The summed E-state index contributed by atoms with van der Waals surface area (Å²) in [6.07, 6.45) is 3.14. The zero-order valence-corrected chi connectivity index (χ0v) is 11.9. The predicted molar refractivity (Wildman–Crippen MR) is 76.7 cm³/mol. The van der Waals surface area contributed by atoms with E-state index in [1.165, 1.54) is 6.20 Å². The van der Waals surface area contributed by atoms with Crippen molar-refractivity contribution in [1.82, 2.24) is 4.98 Å². The molecule has 1 aromatic heterocycles. The molecular weight excluding hydrogens is 284 g/mol. The lowest BCUT2D eigenvalue weighted by Crippen LogP contribution is -2.15. The number of nitrogens with zero attached hydrogens (tertiary/aromatic N) is 1. The quantitative estimate of drug-likeness (QED) is 0.943. The molecule has 100 valence electrons. The summed E-state index contributed by atoms with van der Waals surface area (Å²) in [6, 6.07) is 8.44. The van der Waals surface area contributed by atoms with Crippen LogP contribution in [0.2, 0.25) is 5.02 Å². The minimum atomic E-state index is -3.45. The summed E-state index contributed by atoms with van der Waals surface area (Å²) in [5.41, 5.74) is 2.04. The topological polar surface area (TPSA) is 59.1 Å². The summed E-state index contributed by atoms with van der Waals surface area (Å²) in [7, 11) is -3.45. The van der Waals surface area contributed by atoms with Gasteiger partial charge in [-0.25, -0.2) is 8.42 Å². The summed E-state index contributed by atoms with van der Waals surface area (Å²) in [5.74, 6) is -0.0991. The maximum Gasteiger partial charge on any atom is 0.236 e. The van der Waals surface area contributed by atoms with Crippen LogP contribution in [-0.2, 0) is 15.8 Å². The summed E-state index contributed by atoms with van der Waals surface area (Å²) in [6.45, 7) is 1.85. The van der Waals surface area contributed by atoms with Gasteiger partial charge in [0.15, 0.2) is 0 Å². The molecule has 0 aliphatic carbocycles. The number of sulfonamides is 1. The van der Waals surface area contributed by atoms with Crippen LogP contribution in [0.3, 0.4) is 0 Å². The van der Waals surface area contributed by atoms with Gasteiger partial charge in [0, 0.05) is 11.2 Å². The van der Waals surface area contributed by atoms with Crippen molar-refractivity contribution in [2.75, 3.05) is 4.72 Å². The summed E-state index contributed by atoms with van der Waals surface area (Å²) in [4.78, 5) is 3.94. The molecule has 4 nitrogen and oxygen atoms in total. The molecule has 0 bridgehead atoms. The second-order valence-corrected chi connectivity index (χ2v) is 6.40. The molecule has 2 rings (SSSR count). The SMILES string of the molecule is Cc1cncc(NS(=O)(=O)Cc2ccc(Cl)cc2)c1. The number of hydrogen-bond acceptors (Lipinski definition) is 3. The van der Waals surface area contributed by atoms with Gasteiger partial charge in [-0.15, -0.1) is 0 Å². The Morgan fingerprint density at radius 3 is 2.53 bits per heavy atom. The van der Waals surface area contributed by atoms with Gasteiger partial charge >= 0.3 is 0 Å². The van der Waals surface area contributed by atoms with Crippen LogP contribution in [0.15, 0.2) is 42.7 Å². The highest BCUT2D eigenvalue weighted by Gasteiger charge is 2.12. The normalized spacial score (nSPS) is 11.3. The molecule has 1 aromatic carbocycles. The van der Waals surface area contributed by atoms with Gasteiger partial charge in [0.2, 0.25) is 10.0 Å². The number of halogens is 1. The molecule has 0 saturated heterocycles. The molecule has 19 heavy (non-hydrogen) atoms. The number of aryl methyl sites for hydroxylation is 1. The molecule has 0 amide bonds. The average Bonchev–Trinajstić information content (AvgIpc) is 2.31. The zero-order chi connectivity index (χ0) is 13.9. The van der Waals surface area contributed by atoms with Crippen molar-refractivity contribution in [3.8, 4) is 0 Å². The third-order valence-electron chi connectivity index (χ3n) is 2.42. The summed E-state index contributed by atoms with van der Waals surface area (Å²) >= 11 is 5.76. The van der Waals surface area contributed by atoms with Crippen molar-refractivity contribution < 1.29 is 8.42 Å². The van der Waals surface area contributed by atoms with Crippen molar-refractivity contribution in [1.29, 1.82) is 0 Å². The van der Waals surface area contributed by atoms with E-state index in [4.69, 9.17) is 11.6 Å². The van der Waals surface area contributed by atoms with Crippen LogP contribution >= 0.6 is 11.6 Å². The van der Waals surface area contributed by atoms with Crippen molar-refractivity contribution in [3.05, 3.63) is 58.9 Å². The molecule has 0 radical (unpaired) electrons. The Bertz CT molecular complexity index is 669. The number of anilines is 1. The molecule has 0 atom stereocenters. The van der Waals surface area contributed by atoms with E-state index < -0.39 is 10.0 Å². The first kappa shape index (κ1) is 13.8. The lowest BCUT2D eigenvalue weighted by Gasteiger charge is -2.08. The second kappa shape index (κ2) is 5.59. The molecule has 0 aliphatic heterocycles. The molecule has 0 fully saturated rings. The maximum atomic E-state index is 12.0. The van der Waals surface area contributed by atoms with Crippen LogP contribution in [0.1, 0.15) is 11.1 Å².